The maximum Gasteiger partial charge on any atom is 0.00472 e. The van der Waals surface area contributed by atoms with E-state index in [9.17, 15) is 0 Å². The molecule has 0 unspecified atom stereocenters. The third-order valence-corrected chi connectivity index (χ3v) is 4.96. The summed E-state index contributed by atoms with van der Waals surface area (Å²) in [5.74, 6) is 1.02. The Labute approximate surface area is 120 Å². The van der Waals surface area contributed by atoms with Crippen LogP contribution in [0.3, 0.4) is 0 Å². The molecule has 19 heavy (non-hydrogen) atoms. The summed E-state index contributed by atoms with van der Waals surface area (Å²) in [6.45, 7) is 7.37. The highest BCUT2D eigenvalue weighted by molar-refractivity contribution is 4.87. The minimum absolute atomic E-state index is 0.565. The monoisotopic (exact) mass is 266 g/mol. The zero-order chi connectivity index (χ0) is 13.6. The smallest absolute Gasteiger partial charge is 0.00472 e. The maximum absolute atomic E-state index is 3.72. The van der Waals surface area contributed by atoms with Crippen LogP contribution in [0.4, 0.5) is 0 Å². The molecule has 0 spiro atoms. The van der Waals surface area contributed by atoms with Gasteiger partial charge in [0.15, 0.2) is 0 Å². The Hall–Kier alpha value is -0.0800. The molecule has 0 amide bonds. The van der Waals surface area contributed by atoms with Gasteiger partial charge in [-0.2, -0.15) is 0 Å². The van der Waals surface area contributed by atoms with Crippen LogP contribution in [0, 0.1) is 11.3 Å². The minimum Gasteiger partial charge on any atom is -0.316 e. The van der Waals surface area contributed by atoms with Gasteiger partial charge in [-0.05, 0) is 57.0 Å². The normalized spacial score (nSPS) is 23.5. The lowest BCUT2D eigenvalue weighted by Gasteiger charge is -2.37. The lowest BCUT2D eigenvalue weighted by molar-refractivity contribution is 0.143. The van der Waals surface area contributed by atoms with Crippen LogP contribution in [0.5, 0.6) is 0 Å². The zero-order valence-electron chi connectivity index (χ0n) is 13.2. The first kappa shape index (κ1) is 15.3. The highest BCUT2D eigenvalue weighted by Gasteiger charge is 2.33. The fourth-order valence-corrected chi connectivity index (χ4v) is 3.78. The van der Waals surface area contributed by atoms with E-state index in [0.29, 0.717) is 5.41 Å². The van der Waals surface area contributed by atoms with Gasteiger partial charge in [-0.15, -0.1) is 0 Å². The molecule has 2 saturated carbocycles. The predicted octanol–water partition coefficient (Wildman–Crippen LogP) is 3.67. The molecule has 0 saturated heterocycles. The molecule has 1 N–H and O–H groups in total. The SMILES string of the molecule is CCCNCC1(CN(C)CC2CC2)CCCCCC1. The standard InChI is InChI=1S/C17H34N2/c1-3-12-18-14-17(10-6-4-5-7-11-17)15-19(2)13-16-8-9-16/h16,18H,3-15H2,1-2H3. The molecule has 2 heteroatoms. The van der Waals surface area contributed by atoms with E-state index in [1.165, 1.54) is 84.0 Å². The van der Waals surface area contributed by atoms with E-state index in [2.05, 4.69) is 24.2 Å². The van der Waals surface area contributed by atoms with E-state index in [0.717, 1.165) is 5.92 Å². The molecule has 0 radical (unpaired) electrons. The first-order chi connectivity index (χ1) is 9.24. The summed E-state index contributed by atoms with van der Waals surface area (Å²) >= 11 is 0. The second kappa shape index (κ2) is 7.64. The van der Waals surface area contributed by atoms with Gasteiger partial charge in [-0.25, -0.2) is 0 Å². The molecular formula is C17H34N2. The summed E-state index contributed by atoms with van der Waals surface area (Å²) < 4.78 is 0. The molecule has 2 nitrogen and oxygen atoms in total. The Morgan fingerprint density at radius 1 is 1.11 bits per heavy atom. The van der Waals surface area contributed by atoms with Crippen LogP contribution in [-0.2, 0) is 0 Å². The third kappa shape index (κ3) is 5.43. The second-order valence-electron chi connectivity index (χ2n) is 7.23. The van der Waals surface area contributed by atoms with E-state index in [1.54, 1.807) is 0 Å². The van der Waals surface area contributed by atoms with Crippen molar-refractivity contribution >= 4 is 0 Å². The van der Waals surface area contributed by atoms with Crippen molar-refractivity contribution in [1.29, 1.82) is 0 Å². The Bertz CT molecular complexity index is 240. The lowest BCUT2D eigenvalue weighted by atomic mass is 9.79. The molecular weight excluding hydrogens is 232 g/mol. The van der Waals surface area contributed by atoms with Gasteiger partial charge >= 0.3 is 0 Å². The van der Waals surface area contributed by atoms with Gasteiger partial charge in [0.1, 0.15) is 0 Å². The topological polar surface area (TPSA) is 15.3 Å². The molecule has 0 aliphatic heterocycles. The van der Waals surface area contributed by atoms with Crippen molar-refractivity contribution in [2.45, 2.75) is 64.7 Å². The summed E-state index contributed by atoms with van der Waals surface area (Å²) in [5.41, 5.74) is 0.565. The molecule has 2 rings (SSSR count). The molecule has 0 aromatic rings. The molecule has 0 atom stereocenters. The minimum atomic E-state index is 0.565. The molecule has 0 aromatic heterocycles. The van der Waals surface area contributed by atoms with Gasteiger partial charge in [0.05, 0.1) is 0 Å². The zero-order valence-corrected chi connectivity index (χ0v) is 13.2. The molecule has 0 aromatic carbocycles. The van der Waals surface area contributed by atoms with Crippen molar-refractivity contribution in [3.05, 3.63) is 0 Å². The van der Waals surface area contributed by atoms with Crippen LogP contribution < -0.4 is 5.32 Å². The summed E-state index contributed by atoms with van der Waals surface area (Å²) in [6.07, 6.45) is 12.9. The Morgan fingerprint density at radius 3 is 2.37 bits per heavy atom. The van der Waals surface area contributed by atoms with Crippen LogP contribution in [0.1, 0.15) is 64.7 Å². The largest absolute Gasteiger partial charge is 0.316 e. The number of nitrogens with one attached hydrogen (secondary N) is 1. The van der Waals surface area contributed by atoms with Crippen molar-refractivity contribution in [1.82, 2.24) is 10.2 Å². The predicted molar refractivity (Wildman–Crippen MR) is 83.5 cm³/mol. The Balaban J connectivity index is 1.86. The highest BCUT2D eigenvalue weighted by atomic mass is 15.1. The quantitative estimate of drug-likeness (QED) is 0.533. The van der Waals surface area contributed by atoms with Gasteiger partial charge in [-0.1, -0.05) is 32.6 Å². The summed E-state index contributed by atoms with van der Waals surface area (Å²) in [5, 5.41) is 3.72. The first-order valence-electron chi connectivity index (χ1n) is 8.63. The third-order valence-electron chi connectivity index (χ3n) is 4.96. The fraction of sp³-hybridized carbons (Fsp3) is 1.00. The van der Waals surface area contributed by atoms with Crippen molar-refractivity contribution in [3.63, 3.8) is 0 Å². The van der Waals surface area contributed by atoms with Crippen LogP contribution >= 0.6 is 0 Å². The van der Waals surface area contributed by atoms with Crippen LogP contribution in [-0.4, -0.2) is 38.1 Å². The number of hydrogen-bond donors (Lipinski definition) is 1. The van der Waals surface area contributed by atoms with E-state index in [4.69, 9.17) is 0 Å². The molecule has 112 valence electrons. The number of nitrogens with zero attached hydrogens (tertiary/aromatic N) is 1. The van der Waals surface area contributed by atoms with Gasteiger partial charge in [0, 0.05) is 19.6 Å². The second-order valence-corrected chi connectivity index (χ2v) is 7.23. The summed E-state index contributed by atoms with van der Waals surface area (Å²) in [4.78, 5) is 2.64. The average Bonchev–Trinajstić information content (AvgIpc) is 3.18. The maximum atomic E-state index is 3.72. The summed E-state index contributed by atoms with van der Waals surface area (Å²) in [6, 6.07) is 0. The van der Waals surface area contributed by atoms with E-state index >= 15 is 0 Å². The van der Waals surface area contributed by atoms with Crippen LogP contribution in [0.15, 0.2) is 0 Å². The molecule has 0 bridgehead atoms. The van der Waals surface area contributed by atoms with Crippen LogP contribution in [0.25, 0.3) is 0 Å². The van der Waals surface area contributed by atoms with E-state index in [-0.39, 0.29) is 0 Å². The lowest BCUT2D eigenvalue weighted by Crippen LogP contribution is -2.43. The molecule has 2 aliphatic rings. The van der Waals surface area contributed by atoms with Crippen molar-refractivity contribution in [3.8, 4) is 0 Å². The average molecular weight is 266 g/mol. The molecule has 0 heterocycles. The highest BCUT2D eigenvalue weighted by Crippen LogP contribution is 2.36. The molecule has 2 aliphatic carbocycles. The van der Waals surface area contributed by atoms with E-state index in [1.807, 2.05) is 0 Å². The summed E-state index contributed by atoms with van der Waals surface area (Å²) in [7, 11) is 2.35. The number of hydrogen-bond acceptors (Lipinski definition) is 2. The van der Waals surface area contributed by atoms with Crippen molar-refractivity contribution < 1.29 is 0 Å². The fourth-order valence-electron chi connectivity index (χ4n) is 3.78. The molecule has 2 fully saturated rings. The van der Waals surface area contributed by atoms with Crippen molar-refractivity contribution in [2.75, 3.05) is 33.2 Å². The van der Waals surface area contributed by atoms with Gasteiger partial charge < -0.3 is 10.2 Å². The van der Waals surface area contributed by atoms with E-state index < -0.39 is 0 Å². The first-order valence-corrected chi connectivity index (χ1v) is 8.63. The Kier molecular flexibility index (Phi) is 6.15. The van der Waals surface area contributed by atoms with Crippen LogP contribution in [0.2, 0.25) is 0 Å². The Morgan fingerprint density at radius 2 is 1.79 bits per heavy atom. The van der Waals surface area contributed by atoms with Gasteiger partial charge in [0.25, 0.3) is 0 Å². The van der Waals surface area contributed by atoms with Gasteiger partial charge in [0.2, 0.25) is 0 Å². The van der Waals surface area contributed by atoms with Crippen molar-refractivity contribution in [2.24, 2.45) is 11.3 Å². The van der Waals surface area contributed by atoms with Gasteiger partial charge in [-0.3, -0.25) is 0 Å². The number of rotatable bonds is 8.